The summed E-state index contributed by atoms with van der Waals surface area (Å²) in [5.41, 5.74) is 0.614. The minimum Gasteiger partial charge on any atom is -0.457 e. The van der Waals surface area contributed by atoms with Crippen molar-refractivity contribution in [3.8, 4) is 23.3 Å². The molecule has 31 heavy (non-hydrogen) atoms. The molecule has 3 aromatic rings. The fourth-order valence-corrected chi connectivity index (χ4v) is 3.41. The summed E-state index contributed by atoms with van der Waals surface area (Å²) in [4.78, 5) is 12.9. The quantitative estimate of drug-likeness (QED) is 0.303. The average molecular weight is 438 g/mol. The van der Waals surface area contributed by atoms with Crippen LogP contribution in [0.5, 0.6) is 17.2 Å². The van der Waals surface area contributed by atoms with E-state index >= 15 is 0 Å². The molecule has 0 N–H and O–H groups in total. The van der Waals surface area contributed by atoms with Gasteiger partial charge in [0.2, 0.25) is 0 Å². The van der Waals surface area contributed by atoms with Crippen LogP contribution in [0.4, 0.5) is 4.39 Å². The van der Waals surface area contributed by atoms with Crippen molar-refractivity contribution in [2.75, 3.05) is 0 Å². The number of ether oxygens (including phenoxy) is 2. The van der Waals surface area contributed by atoms with E-state index in [9.17, 15) is 14.4 Å². The Morgan fingerprint density at radius 3 is 2.23 bits per heavy atom. The van der Waals surface area contributed by atoms with Crippen LogP contribution in [0.15, 0.2) is 72.8 Å². The lowest BCUT2D eigenvalue weighted by atomic mass is 9.80. The van der Waals surface area contributed by atoms with Crippen molar-refractivity contribution < 1.29 is 18.7 Å². The van der Waals surface area contributed by atoms with Gasteiger partial charge in [0.05, 0.1) is 17.9 Å². The van der Waals surface area contributed by atoms with E-state index in [-0.39, 0.29) is 5.92 Å². The number of nitrogens with zero attached hydrogens (tertiary/aromatic N) is 1. The fraction of sp³-hybridized carbons (Fsp3) is 0.200. The Labute approximate surface area is 185 Å². The Morgan fingerprint density at radius 2 is 1.61 bits per heavy atom. The standard InChI is InChI=1S/C25H21ClFNO3/c1-16(2)24(25(29)31-20-11-9-18(26)10-12-20)23(15-28)17-5-3-7-21(13-17)30-22-8-4-6-19(27)14-22/h3-14,16,23-24H,1-2H3. The summed E-state index contributed by atoms with van der Waals surface area (Å²) >= 11 is 5.88. The lowest BCUT2D eigenvalue weighted by Gasteiger charge is -2.24. The summed E-state index contributed by atoms with van der Waals surface area (Å²) in [6.07, 6.45) is 0. The van der Waals surface area contributed by atoms with E-state index in [0.29, 0.717) is 27.8 Å². The number of hydrogen-bond donors (Lipinski definition) is 0. The summed E-state index contributed by atoms with van der Waals surface area (Å²) in [7, 11) is 0. The zero-order valence-electron chi connectivity index (χ0n) is 17.1. The molecule has 3 aromatic carbocycles. The second-order valence-electron chi connectivity index (χ2n) is 7.38. The predicted molar refractivity (Wildman–Crippen MR) is 117 cm³/mol. The van der Waals surface area contributed by atoms with Gasteiger partial charge in [0, 0.05) is 11.1 Å². The number of halogens is 2. The molecule has 0 aliphatic rings. The molecule has 0 saturated carbocycles. The number of carbonyl (C=O) groups excluding carboxylic acids is 1. The number of carbonyl (C=O) groups is 1. The van der Waals surface area contributed by atoms with E-state index in [1.165, 1.54) is 12.1 Å². The zero-order valence-corrected chi connectivity index (χ0v) is 17.8. The lowest BCUT2D eigenvalue weighted by Crippen LogP contribution is -2.30. The van der Waals surface area contributed by atoms with Gasteiger partial charge in [0.15, 0.2) is 0 Å². The zero-order chi connectivity index (χ0) is 22.4. The highest BCUT2D eigenvalue weighted by Crippen LogP contribution is 2.34. The normalized spacial score (nSPS) is 12.6. The highest BCUT2D eigenvalue weighted by molar-refractivity contribution is 6.30. The summed E-state index contributed by atoms with van der Waals surface area (Å²) in [5.74, 6) is -1.38. The second-order valence-corrected chi connectivity index (χ2v) is 7.82. The molecule has 0 spiro atoms. The first kappa shape index (κ1) is 22.3. The van der Waals surface area contributed by atoms with Crippen LogP contribution < -0.4 is 9.47 Å². The van der Waals surface area contributed by atoms with Crippen LogP contribution in [-0.4, -0.2) is 5.97 Å². The number of rotatable bonds is 7. The maximum absolute atomic E-state index is 13.4. The summed E-state index contributed by atoms with van der Waals surface area (Å²) in [6, 6.07) is 21.4. The summed E-state index contributed by atoms with van der Waals surface area (Å²) < 4.78 is 24.7. The van der Waals surface area contributed by atoms with Crippen LogP contribution in [0.3, 0.4) is 0 Å². The third-order valence-corrected chi connectivity index (χ3v) is 5.02. The Bertz CT molecular complexity index is 1090. The number of nitriles is 1. The molecule has 3 rings (SSSR count). The van der Waals surface area contributed by atoms with E-state index in [2.05, 4.69) is 6.07 Å². The molecule has 0 heterocycles. The van der Waals surface area contributed by atoms with Gasteiger partial charge < -0.3 is 9.47 Å². The molecule has 0 saturated heterocycles. The second kappa shape index (κ2) is 10.1. The van der Waals surface area contributed by atoms with Crippen molar-refractivity contribution in [3.05, 3.63) is 89.2 Å². The molecule has 0 aliphatic heterocycles. The summed E-state index contributed by atoms with van der Waals surface area (Å²) in [6.45, 7) is 3.73. The Morgan fingerprint density at radius 1 is 0.968 bits per heavy atom. The molecule has 0 fully saturated rings. The van der Waals surface area contributed by atoms with Crippen molar-refractivity contribution in [1.82, 2.24) is 0 Å². The lowest BCUT2D eigenvalue weighted by molar-refractivity contribution is -0.140. The van der Waals surface area contributed by atoms with Gasteiger partial charge >= 0.3 is 5.97 Å². The Hall–Kier alpha value is -3.36. The van der Waals surface area contributed by atoms with Crippen LogP contribution in [0, 0.1) is 29.0 Å². The van der Waals surface area contributed by atoms with Crippen LogP contribution >= 0.6 is 11.6 Å². The van der Waals surface area contributed by atoms with Gasteiger partial charge in [0.1, 0.15) is 23.1 Å². The van der Waals surface area contributed by atoms with Crippen LogP contribution in [0.1, 0.15) is 25.3 Å². The number of benzene rings is 3. The van der Waals surface area contributed by atoms with E-state index in [0.717, 1.165) is 0 Å². The van der Waals surface area contributed by atoms with E-state index in [4.69, 9.17) is 21.1 Å². The van der Waals surface area contributed by atoms with Gasteiger partial charge in [-0.25, -0.2) is 4.39 Å². The molecule has 2 unspecified atom stereocenters. The van der Waals surface area contributed by atoms with Crippen LogP contribution in [0.2, 0.25) is 5.02 Å². The first-order valence-corrected chi connectivity index (χ1v) is 10.2. The number of esters is 1. The third kappa shape index (κ3) is 5.84. The Balaban J connectivity index is 1.84. The van der Waals surface area contributed by atoms with E-state index in [1.807, 2.05) is 13.8 Å². The van der Waals surface area contributed by atoms with Gasteiger partial charge in [-0.2, -0.15) is 5.26 Å². The fourth-order valence-electron chi connectivity index (χ4n) is 3.28. The highest BCUT2D eigenvalue weighted by atomic mass is 35.5. The van der Waals surface area contributed by atoms with E-state index < -0.39 is 23.6 Å². The third-order valence-electron chi connectivity index (χ3n) is 4.77. The topological polar surface area (TPSA) is 59.3 Å². The first-order valence-electron chi connectivity index (χ1n) is 9.77. The molecule has 0 bridgehead atoms. The van der Waals surface area contributed by atoms with Gasteiger partial charge in [-0.1, -0.05) is 43.6 Å². The predicted octanol–water partition coefficient (Wildman–Crippen LogP) is 6.76. The highest BCUT2D eigenvalue weighted by Gasteiger charge is 2.34. The van der Waals surface area contributed by atoms with Crippen molar-refractivity contribution in [3.63, 3.8) is 0 Å². The van der Waals surface area contributed by atoms with Crippen molar-refractivity contribution in [1.29, 1.82) is 5.26 Å². The Kier molecular flexibility index (Phi) is 7.28. The van der Waals surface area contributed by atoms with Crippen LogP contribution in [0.25, 0.3) is 0 Å². The van der Waals surface area contributed by atoms with Gasteiger partial charge in [-0.3, -0.25) is 4.79 Å². The maximum Gasteiger partial charge on any atom is 0.316 e. The van der Waals surface area contributed by atoms with Crippen molar-refractivity contribution in [2.45, 2.75) is 19.8 Å². The first-order chi connectivity index (χ1) is 14.9. The molecule has 0 aromatic heterocycles. The van der Waals surface area contributed by atoms with Crippen molar-refractivity contribution in [2.24, 2.45) is 11.8 Å². The minimum absolute atomic E-state index is 0.155. The number of hydrogen-bond acceptors (Lipinski definition) is 4. The molecule has 6 heteroatoms. The maximum atomic E-state index is 13.4. The smallest absolute Gasteiger partial charge is 0.316 e. The molecular formula is C25H21ClFNO3. The molecular weight excluding hydrogens is 417 g/mol. The minimum atomic E-state index is -0.754. The SMILES string of the molecule is CC(C)C(C(=O)Oc1ccc(Cl)cc1)C(C#N)c1cccc(Oc2cccc(F)c2)c1. The van der Waals surface area contributed by atoms with Gasteiger partial charge in [-0.05, 0) is 60.0 Å². The molecule has 2 atom stereocenters. The average Bonchev–Trinajstić information content (AvgIpc) is 2.73. The monoisotopic (exact) mass is 437 g/mol. The van der Waals surface area contributed by atoms with Gasteiger partial charge in [-0.15, -0.1) is 0 Å². The molecule has 4 nitrogen and oxygen atoms in total. The van der Waals surface area contributed by atoms with Gasteiger partial charge in [0.25, 0.3) is 0 Å². The molecule has 0 amide bonds. The largest absolute Gasteiger partial charge is 0.457 e. The van der Waals surface area contributed by atoms with Crippen molar-refractivity contribution >= 4 is 17.6 Å². The molecule has 0 aliphatic carbocycles. The van der Waals surface area contributed by atoms with Crippen LogP contribution in [-0.2, 0) is 4.79 Å². The summed E-state index contributed by atoms with van der Waals surface area (Å²) in [5, 5.41) is 10.4. The molecule has 0 radical (unpaired) electrons. The molecule has 158 valence electrons. The van der Waals surface area contributed by atoms with E-state index in [1.54, 1.807) is 60.7 Å².